The van der Waals surface area contributed by atoms with Crippen LogP contribution in [0, 0.1) is 17.0 Å². The van der Waals surface area contributed by atoms with Gasteiger partial charge in [0.2, 0.25) is 0 Å². The summed E-state index contributed by atoms with van der Waals surface area (Å²) in [5.74, 6) is -2.51. The molecule has 2 heterocycles. The topological polar surface area (TPSA) is 138 Å². The smallest absolute Gasteiger partial charge is 0.269 e. The lowest BCUT2D eigenvalue weighted by Gasteiger charge is -2.34. The molecule has 3 aromatic carbocycles. The number of rotatable bonds is 5. The average molecular weight is 473 g/mol. The molecule has 4 amide bonds. The molecule has 2 aliphatic heterocycles. The van der Waals surface area contributed by atoms with Crippen molar-refractivity contribution in [2.45, 2.75) is 26.3 Å². The summed E-state index contributed by atoms with van der Waals surface area (Å²) < 4.78 is 0. The Balaban J connectivity index is 1.70. The van der Waals surface area contributed by atoms with Crippen molar-refractivity contribution in [2.24, 2.45) is 0 Å². The van der Waals surface area contributed by atoms with E-state index in [2.05, 4.69) is 0 Å². The fourth-order valence-corrected chi connectivity index (χ4v) is 4.84. The monoisotopic (exact) mass is 473 g/mol. The van der Waals surface area contributed by atoms with Crippen molar-refractivity contribution in [1.29, 1.82) is 0 Å². The van der Waals surface area contributed by atoms with Crippen molar-refractivity contribution in [3.05, 3.63) is 80.4 Å². The normalized spacial score (nSPS) is 15.7. The summed E-state index contributed by atoms with van der Waals surface area (Å²) in [6.45, 7) is 2.93. The fourth-order valence-electron chi connectivity index (χ4n) is 4.84. The van der Waals surface area contributed by atoms with Gasteiger partial charge in [-0.25, -0.2) is 4.90 Å². The number of aliphatic hydroxyl groups excluding tert-OH is 1. The number of imide groups is 2. The Hall–Kier alpha value is -4.44. The van der Waals surface area contributed by atoms with Gasteiger partial charge >= 0.3 is 0 Å². The number of carbonyl (C=O) groups is 4. The van der Waals surface area contributed by atoms with Crippen LogP contribution in [0.3, 0.4) is 0 Å². The van der Waals surface area contributed by atoms with Gasteiger partial charge in [-0.2, -0.15) is 0 Å². The minimum Gasteiger partial charge on any atom is -0.394 e. The lowest BCUT2D eigenvalue weighted by Crippen LogP contribution is -2.49. The van der Waals surface area contributed by atoms with Crippen LogP contribution in [0.15, 0.2) is 42.5 Å². The van der Waals surface area contributed by atoms with E-state index in [0.717, 1.165) is 9.80 Å². The molecule has 0 fully saturated rings. The van der Waals surface area contributed by atoms with Crippen LogP contribution >= 0.6 is 0 Å². The third kappa shape index (κ3) is 3.00. The van der Waals surface area contributed by atoms with Crippen LogP contribution < -0.4 is 4.90 Å². The maximum atomic E-state index is 13.5. The lowest BCUT2D eigenvalue weighted by molar-refractivity contribution is -0.384. The zero-order chi connectivity index (χ0) is 25.2. The minimum absolute atomic E-state index is 0.140. The van der Waals surface area contributed by atoms with Gasteiger partial charge in [-0.05, 0) is 49.2 Å². The molecule has 0 radical (unpaired) electrons. The molecule has 3 aromatic rings. The van der Waals surface area contributed by atoms with Gasteiger partial charge in [0, 0.05) is 45.2 Å². The van der Waals surface area contributed by atoms with E-state index in [4.69, 9.17) is 0 Å². The Morgan fingerprint density at radius 3 is 1.74 bits per heavy atom. The maximum absolute atomic E-state index is 13.5. The molecule has 10 nitrogen and oxygen atoms in total. The summed E-state index contributed by atoms with van der Waals surface area (Å²) >= 11 is 0. The van der Waals surface area contributed by atoms with Crippen molar-refractivity contribution >= 4 is 45.8 Å². The molecule has 1 unspecified atom stereocenters. The molecule has 1 atom stereocenters. The van der Waals surface area contributed by atoms with Crippen LogP contribution in [0.5, 0.6) is 0 Å². The van der Waals surface area contributed by atoms with Crippen LogP contribution in [0.2, 0.25) is 0 Å². The quantitative estimate of drug-likeness (QED) is 0.341. The molecule has 0 aliphatic carbocycles. The van der Waals surface area contributed by atoms with Gasteiger partial charge in [0.1, 0.15) is 0 Å². The molecule has 2 aliphatic rings. The summed E-state index contributed by atoms with van der Waals surface area (Å²) in [4.78, 5) is 66.0. The zero-order valence-electron chi connectivity index (χ0n) is 18.8. The highest BCUT2D eigenvalue weighted by Crippen LogP contribution is 2.40. The Morgan fingerprint density at radius 1 is 0.857 bits per heavy atom. The zero-order valence-corrected chi connectivity index (χ0v) is 18.8. The largest absolute Gasteiger partial charge is 0.394 e. The van der Waals surface area contributed by atoms with Gasteiger partial charge in [0.15, 0.2) is 0 Å². The van der Waals surface area contributed by atoms with Gasteiger partial charge in [-0.3, -0.25) is 34.2 Å². The van der Waals surface area contributed by atoms with E-state index in [1.807, 2.05) is 0 Å². The number of nitro groups is 1. The van der Waals surface area contributed by atoms with Crippen molar-refractivity contribution in [3.63, 3.8) is 0 Å². The first-order valence-corrected chi connectivity index (χ1v) is 10.9. The number of hydrogen-bond donors (Lipinski definition) is 1. The maximum Gasteiger partial charge on any atom is 0.269 e. The van der Waals surface area contributed by atoms with E-state index < -0.39 is 34.6 Å². The Labute approximate surface area is 198 Å². The highest BCUT2D eigenvalue weighted by atomic mass is 16.6. The summed E-state index contributed by atoms with van der Waals surface area (Å²) in [6, 6.07) is 8.93. The summed E-state index contributed by atoms with van der Waals surface area (Å²) in [6.07, 6.45) is 0.364. The number of non-ortho nitro benzene ring substituents is 1. The van der Waals surface area contributed by atoms with Crippen molar-refractivity contribution < 1.29 is 29.2 Å². The molecule has 176 valence electrons. The average Bonchev–Trinajstić information content (AvgIpc) is 2.84. The number of benzene rings is 3. The SMILES string of the molecule is CCC(CO)N1C(=O)c2ccc3c4c(ccc(c24)C1=O)C(=O)N(c1ccc([N+](=O)[O-])cc1C)C3=O. The molecule has 0 aromatic heterocycles. The van der Waals surface area contributed by atoms with Crippen LogP contribution in [0.4, 0.5) is 11.4 Å². The Bertz CT molecular complexity index is 1440. The van der Waals surface area contributed by atoms with Gasteiger partial charge < -0.3 is 5.11 Å². The predicted octanol–water partition coefficient (Wildman–Crippen LogP) is 3.22. The first kappa shape index (κ1) is 22.4. The highest BCUT2D eigenvalue weighted by molar-refractivity contribution is 6.39. The van der Waals surface area contributed by atoms with E-state index in [1.165, 1.54) is 42.5 Å². The first-order valence-electron chi connectivity index (χ1n) is 10.9. The molecule has 0 bridgehead atoms. The second-order valence-electron chi connectivity index (χ2n) is 8.47. The van der Waals surface area contributed by atoms with Gasteiger partial charge in [0.05, 0.1) is 23.3 Å². The molecule has 35 heavy (non-hydrogen) atoms. The van der Waals surface area contributed by atoms with E-state index in [-0.39, 0.29) is 51.0 Å². The Kier molecular flexibility index (Phi) is 4.99. The summed E-state index contributed by atoms with van der Waals surface area (Å²) in [5, 5.41) is 21.3. The highest BCUT2D eigenvalue weighted by Gasteiger charge is 2.42. The summed E-state index contributed by atoms with van der Waals surface area (Å²) in [5.41, 5.74) is 1.03. The second-order valence-corrected chi connectivity index (χ2v) is 8.47. The molecular formula is C25H19N3O7. The number of carbonyl (C=O) groups excluding carboxylic acids is 4. The van der Waals surface area contributed by atoms with Gasteiger partial charge in [-0.1, -0.05) is 6.92 Å². The van der Waals surface area contributed by atoms with Crippen molar-refractivity contribution in [3.8, 4) is 0 Å². The predicted molar refractivity (Wildman–Crippen MR) is 125 cm³/mol. The van der Waals surface area contributed by atoms with Gasteiger partial charge in [0.25, 0.3) is 29.3 Å². The molecule has 10 heteroatoms. The number of nitrogens with zero attached hydrogens (tertiary/aromatic N) is 3. The molecular weight excluding hydrogens is 454 g/mol. The van der Waals surface area contributed by atoms with Crippen LogP contribution in [-0.4, -0.2) is 51.2 Å². The Morgan fingerprint density at radius 2 is 1.34 bits per heavy atom. The third-order valence-corrected chi connectivity index (χ3v) is 6.61. The standard InChI is InChI=1S/C25H19N3O7/c1-3-13(11-29)26-22(30)15-5-7-17-21-18(8-6-16(20(15)21)23(26)31)25(33)27(24(17)32)19-9-4-14(28(34)35)10-12(19)2/h4-10,13,29H,3,11H2,1-2H3. The number of aryl methyl sites for hydroxylation is 1. The number of anilines is 1. The number of hydrogen-bond acceptors (Lipinski definition) is 7. The van der Waals surface area contributed by atoms with E-state index in [1.54, 1.807) is 13.8 Å². The molecule has 0 saturated heterocycles. The fraction of sp³-hybridized carbons (Fsp3) is 0.200. The van der Waals surface area contributed by atoms with E-state index in [9.17, 15) is 34.4 Å². The number of amides is 4. The summed E-state index contributed by atoms with van der Waals surface area (Å²) in [7, 11) is 0. The third-order valence-electron chi connectivity index (χ3n) is 6.61. The lowest BCUT2D eigenvalue weighted by atomic mass is 9.85. The molecule has 0 spiro atoms. The van der Waals surface area contributed by atoms with Crippen molar-refractivity contribution in [2.75, 3.05) is 11.5 Å². The van der Waals surface area contributed by atoms with Crippen LogP contribution in [-0.2, 0) is 0 Å². The molecule has 5 rings (SSSR count). The van der Waals surface area contributed by atoms with Crippen LogP contribution in [0.1, 0.15) is 60.3 Å². The van der Waals surface area contributed by atoms with Gasteiger partial charge in [-0.15, -0.1) is 0 Å². The van der Waals surface area contributed by atoms with E-state index in [0.29, 0.717) is 12.0 Å². The molecule has 0 saturated carbocycles. The van der Waals surface area contributed by atoms with Crippen molar-refractivity contribution in [1.82, 2.24) is 4.90 Å². The minimum atomic E-state index is -0.700. The van der Waals surface area contributed by atoms with Crippen LogP contribution in [0.25, 0.3) is 10.8 Å². The first-order chi connectivity index (χ1) is 16.7. The number of aliphatic hydroxyl groups is 1. The number of nitro benzene ring substituents is 1. The second kappa shape index (κ2) is 7.81. The molecule has 1 N–H and O–H groups in total. The van der Waals surface area contributed by atoms with E-state index >= 15 is 0 Å².